The molecule has 0 spiro atoms. The lowest BCUT2D eigenvalue weighted by atomic mass is 9.97. The smallest absolute Gasteiger partial charge is 0.355 e. The molecule has 1 fully saturated rings. The average molecular weight is 353 g/mol. The van der Waals surface area contributed by atoms with E-state index in [1.165, 1.54) is 4.57 Å². The fourth-order valence-corrected chi connectivity index (χ4v) is 2.89. The lowest BCUT2D eigenvalue weighted by Gasteiger charge is -2.32. The van der Waals surface area contributed by atoms with Crippen LogP contribution >= 0.6 is 0 Å². The number of nitrogens with zero attached hydrogens (tertiary/aromatic N) is 5. The number of hydrogen-bond acceptors (Lipinski definition) is 5. The highest BCUT2D eigenvalue weighted by Crippen LogP contribution is 2.26. The molecule has 0 saturated carbocycles. The van der Waals surface area contributed by atoms with Crippen LogP contribution in [0, 0.1) is 12.8 Å². The van der Waals surface area contributed by atoms with Crippen molar-refractivity contribution in [2.45, 2.75) is 32.5 Å². The molecule has 1 aliphatic rings. The van der Waals surface area contributed by atoms with Crippen LogP contribution in [0.1, 0.15) is 24.2 Å². The first-order valence-electron chi connectivity index (χ1n) is 8.00. The minimum atomic E-state index is -4.60. The molecule has 9 heteroatoms. The van der Waals surface area contributed by atoms with Gasteiger partial charge >= 0.3 is 6.18 Å². The van der Waals surface area contributed by atoms with Crippen molar-refractivity contribution in [3.05, 3.63) is 46.5 Å². The number of alkyl halides is 3. The monoisotopic (exact) mass is 353 g/mol. The zero-order valence-corrected chi connectivity index (χ0v) is 13.7. The second-order valence-corrected chi connectivity index (χ2v) is 6.21. The van der Waals surface area contributed by atoms with Crippen LogP contribution in [0.5, 0.6) is 0 Å². The van der Waals surface area contributed by atoms with Gasteiger partial charge < -0.3 is 4.90 Å². The Balaban J connectivity index is 1.61. The standard InChI is InChI=1S/C16H18F3N5O/c1-11-7-21-14(8-20-11)23-4-2-12(3-5-23)9-24-10-22-13(6-15(24)25)16(17,18)19/h6-8,10,12H,2-5,9H2,1H3. The second-order valence-electron chi connectivity index (χ2n) is 6.21. The Hall–Kier alpha value is -2.45. The van der Waals surface area contributed by atoms with Crippen molar-refractivity contribution in [3.8, 4) is 0 Å². The van der Waals surface area contributed by atoms with Gasteiger partial charge in [-0.15, -0.1) is 0 Å². The lowest BCUT2D eigenvalue weighted by Crippen LogP contribution is -2.37. The van der Waals surface area contributed by atoms with Crippen molar-refractivity contribution in [2.24, 2.45) is 5.92 Å². The molecule has 2 aromatic heterocycles. The largest absolute Gasteiger partial charge is 0.433 e. The number of aromatic nitrogens is 4. The predicted molar refractivity (Wildman–Crippen MR) is 85.2 cm³/mol. The zero-order chi connectivity index (χ0) is 18.0. The van der Waals surface area contributed by atoms with Gasteiger partial charge in [0.2, 0.25) is 0 Å². The quantitative estimate of drug-likeness (QED) is 0.847. The molecule has 2 aromatic rings. The number of halogens is 3. The lowest BCUT2D eigenvalue weighted by molar-refractivity contribution is -0.141. The fourth-order valence-electron chi connectivity index (χ4n) is 2.89. The second kappa shape index (κ2) is 6.81. The summed E-state index contributed by atoms with van der Waals surface area (Å²) in [7, 11) is 0. The molecule has 1 aliphatic heterocycles. The molecule has 3 heterocycles. The van der Waals surface area contributed by atoms with Crippen molar-refractivity contribution in [2.75, 3.05) is 18.0 Å². The molecule has 0 N–H and O–H groups in total. The Morgan fingerprint density at radius 1 is 1.16 bits per heavy atom. The van der Waals surface area contributed by atoms with Crippen molar-refractivity contribution >= 4 is 5.82 Å². The summed E-state index contributed by atoms with van der Waals surface area (Å²) in [5.41, 5.74) is -0.969. The van der Waals surface area contributed by atoms with Crippen molar-refractivity contribution in [3.63, 3.8) is 0 Å². The van der Waals surface area contributed by atoms with Crippen LogP contribution in [-0.4, -0.2) is 32.6 Å². The summed E-state index contributed by atoms with van der Waals surface area (Å²) in [6.45, 7) is 3.78. The van der Waals surface area contributed by atoms with Gasteiger partial charge in [-0.3, -0.25) is 14.3 Å². The van der Waals surface area contributed by atoms with Gasteiger partial charge in [0.05, 0.1) is 24.4 Å². The van der Waals surface area contributed by atoms with Crippen LogP contribution in [0.3, 0.4) is 0 Å². The maximum absolute atomic E-state index is 12.6. The predicted octanol–water partition coefficient (Wildman–Crippen LogP) is 2.28. The minimum Gasteiger partial charge on any atom is -0.355 e. The van der Waals surface area contributed by atoms with Crippen molar-refractivity contribution < 1.29 is 13.2 Å². The van der Waals surface area contributed by atoms with Gasteiger partial charge in [-0.25, -0.2) is 9.97 Å². The topological polar surface area (TPSA) is 63.9 Å². The molecule has 134 valence electrons. The first-order valence-corrected chi connectivity index (χ1v) is 8.00. The van der Waals surface area contributed by atoms with E-state index in [4.69, 9.17) is 0 Å². The van der Waals surface area contributed by atoms with E-state index in [9.17, 15) is 18.0 Å². The molecule has 6 nitrogen and oxygen atoms in total. The molecule has 0 aliphatic carbocycles. The van der Waals surface area contributed by atoms with Gasteiger partial charge in [0.1, 0.15) is 5.82 Å². The van der Waals surface area contributed by atoms with Crippen LogP contribution in [0.4, 0.5) is 19.0 Å². The molecule has 0 unspecified atom stereocenters. The molecule has 0 atom stereocenters. The van der Waals surface area contributed by atoms with Crippen molar-refractivity contribution in [1.29, 1.82) is 0 Å². The third-order valence-corrected chi connectivity index (χ3v) is 4.33. The first kappa shape index (κ1) is 17.4. The zero-order valence-electron chi connectivity index (χ0n) is 13.7. The summed E-state index contributed by atoms with van der Waals surface area (Å²) in [5, 5.41) is 0. The average Bonchev–Trinajstić information content (AvgIpc) is 2.57. The highest BCUT2D eigenvalue weighted by molar-refractivity contribution is 5.36. The van der Waals surface area contributed by atoms with Gasteiger partial charge in [0.25, 0.3) is 5.56 Å². The first-order chi connectivity index (χ1) is 11.8. The van der Waals surface area contributed by atoms with Gasteiger partial charge in [0, 0.05) is 25.7 Å². The third-order valence-electron chi connectivity index (χ3n) is 4.33. The van der Waals surface area contributed by atoms with Gasteiger partial charge in [-0.2, -0.15) is 13.2 Å². The molecule has 0 radical (unpaired) electrons. The molecule has 0 aromatic carbocycles. The van der Waals surface area contributed by atoms with Gasteiger partial charge in [-0.05, 0) is 25.7 Å². The number of piperidine rings is 1. The summed E-state index contributed by atoms with van der Waals surface area (Å²) < 4.78 is 38.9. The Morgan fingerprint density at radius 3 is 2.44 bits per heavy atom. The van der Waals surface area contributed by atoms with E-state index >= 15 is 0 Å². The summed E-state index contributed by atoms with van der Waals surface area (Å²) in [6.07, 6.45) is 1.49. The fraction of sp³-hybridized carbons (Fsp3) is 0.500. The van der Waals surface area contributed by atoms with Crippen LogP contribution in [0.2, 0.25) is 0 Å². The van der Waals surface area contributed by atoms with E-state index < -0.39 is 17.4 Å². The van der Waals surface area contributed by atoms with Crippen LogP contribution < -0.4 is 10.5 Å². The summed E-state index contributed by atoms with van der Waals surface area (Å²) in [5.74, 6) is 1.03. The number of rotatable bonds is 3. The van der Waals surface area contributed by atoms with E-state index in [0.29, 0.717) is 12.6 Å². The normalized spacial score (nSPS) is 16.2. The van der Waals surface area contributed by atoms with Crippen molar-refractivity contribution in [1.82, 2.24) is 19.5 Å². The van der Waals surface area contributed by atoms with E-state index in [-0.39, 0.29) is 5.92 Å². The van der Waals surface area contributed by atoms with Crippen LogP contribution in [-0.2, 0) is 12.7 Å². The van der Waals surface area contributed by atoms with E-state index in [1.54, 1.807) is 12.4 Å². The minimum absolute atomic E-state index is 0.214. The molecule has 0 amide bonds. The molecule has 0 bridgehead atoms. The number of hydrogen-bond donors (Lipinski definition) is 0. The van der Waals surface area contributed by atoms with Crippen LogP contribution in [0.25, 0.3) is 0 Å². The molecular weight excluding hydrogens is 335 g/mol. The van der Waals surface area contributed by atoms with Crippen LogP contribution in [0.15, 0.2) is 29.6 Å². The Kier molecular flexibility index (Phi) is 4.73. The highest BCUT2D eigenvalue weighted by Gasteiger charge is 2.33. The summed E-state index contributed by atoms with van der Waals surface area (Å²) in [4.78, 5) is 25.9. The number of anilines is 1. The molecule has 25 heavy (non-hydrogen) atoms. The SMILES string of the molecule is Cc1cnc(N2CCC(Cn3cnc(C(F)(F)F)cc3=O)CC2)cn1. The van der Waals surface area contributed by atoms with Gasteiger partial charge in [-0.1, -0.05) is 0 Å². The maximum Gasteiger partial charge on any atom is 0.433 e. The summed E-state index contributed by atoms with van der Waals surface area (Å²) in [6, 6.07) is 0.553. The summed E-state index contributed by atoms with van der Waals surface area (Å²) >= 11 is 0. The molecular formula is C16H18F3N5O. The Morgan fingerprint density at radius 2 is 1.88 bits per heavy atom. The van der Waals surface area contributed by atoms with Gasteiger partial charge in [0.15, 0.2) is 5.69 Å². The molecule has 3 rings (SSSR count). The van der Waals surface area contributed by atoms with E-state index in [2.05, 4.69) is 19.9 Å². The Labute approximate surface area is 142 Å². The highest BCUT2D eigenvalue weighted by atomic mass is 19.4. The molecule has 1 saturated heterocycles. The Bertz CT molecular complexity index is 780. The maximum atomic E-state index is 12.6. The van der Waals surface area contributed by atoms with E-state index in [0.717, 1.165) is 43.8 Å². The number of aryl methyl sites for hydroxylation is 1. The third kappa shape index (κ3) is 4.15. The van der Waals surface area contributed by atoms with E-state index in [1.807, 2.05) is 6.92 Å².